The molecule has 98 valence electrons. The van der Waals surface area contributed by atoms with Crippen LogP contribution in [0.15, 0.2) is 48.5 Å². The van der Waals surface area contributed by atoms with Crippen LogP contribution in [-0.4, -0.2) is 5.54 Å². The van der Waals surface area contributed by atoms with Crippen molar-refractivity contribution in [3.63, 3.8) is 0 Å². The van der Waals surface area contributed by atoms with E-state index in [1.165, 1.54) is 11.3 Å². The van der Waals surface area contributed by atoms with Crippen molar-refractivity contribution in [3.05, 3.63) is 54.1 Å². The van der Waals surface area contributed by atoms with Gasteiger partial charge in [0.05, 0.1) is 5.69 Å². The summed E-state index contributed by atoms with van der Waals surface area (Å²) in [5, 5.41) is 0. The third-order valence-electron chi connectivity index (χ3n) is 3.39. The first-order valence-corrected chi connectivity index (χ1v) is 6.67. The molecular weight excluding hydrogens is 234 g/mol. The lowest BCUT2D eigenvalue weighted by Gasteiger charge is -2.38. The summed E-state index contributed by atoms with van der Waals surface area (Å²) in [6.45, 7) is 7.31. The van der Waals surface area contributed by atoms with E-state index in [1.807, 2.05) is 12.1 Å². The summed E-state index contributed by atoms with van der Waals surface area (Å²) in [6, 6.07) is 16.7. The summed E-state index contributed by atoms with van der Waals surface area (Å²) in [5.74, 6) is 0.952. The quantitative estimate of drug-likeness (QED) is 0.684. The Balaban J connectivity index is 2.25. The predicted molar refractivity (Wildman–Crippen MR) is 79.1 cm³/mol. The van der Waals surface area contributed by atoms with E-state index in [4.69, 9.17) is 4.74 Å². The smallest absolute Gasteiger partial charge is 0.143 e. The number of fused-ring (bicyclic) bond motifs is 2. The van der Waals surface area contributed by atoms with Gasteiger partial charge in [0.25, 0.3) is 0 Å². The van der Waals surface area contributed by atoms with E-state index >= 15 is 0 Å². The van der Waals surface area contributed by atoms with E-state index < -0.39 is 0 Å². The van der Waals surface area contributed by atoms with Crippen LogP contribution in [0.5, 0.6) is 5.75 Å². The molecule has 0 aromatic heterocycles. The van der Waals surface area contributed by atoms with Crippen LogP contribution in [-0.2, 0) is 6.61 Å². The third kappa shape index (κ3) is 2.07. The molecule has 19 heavy (non-hydrogen) atoms. The van der Waals surface area contributed by atoms with Gasteiger partial charge >= 0.3 is 0 Å². The third-order valence-corrected chi connectivity index (χ3v) is 3.39. The highest BCUT2D eigenvalue weighted by atomic mass is 16.5. The first-order valence-electron chi connectivity index (χ1n) is 6.67. The minimum Gasteiger partial charge on any atom is -0.487 e. The van der Waals surface area contributed by atoms with Gasteiger partial charge in [0.2, 0.25) is 0 Å². The number of ether oxygens (including phenoxy) is 1. The normalized spacial score (nSPS) is 14.2. The fraction of sp³-hybridized carbons (Fsp3) is 0.294. The Bertz CT molecular complexity index is 551. The highest BCUT2D eigenvalue weighted by molar-refractivity contribution is 5.74. The molecule has 3 rings (SSSR count). The number of nitrogens with zero attached hydrogens (tertiary/aromatic N) is 1. The van der Waals surface area contributed by atoms with Crippen LogP contribution >= 0.6 is 0 Å². The van der Waals surface area contributed by atoms with Crippen LogP contribution in [0.2, 0.25) is 0 Å². The topological polar surface area (TPSA) is 12.5 Å². The number of para-hydroxylation sites is 3. The van der Waals surface area contributed by atoms with Crippen LogP contribution in [0, 0.1) is 0 Å². The van der Waals surface area contributed by atoms with E-state index in [2.05, 4.69) is 62.1 Å². The Morgan fingerprint density at radius 1 is 0.895 bits per heavy atom. The average molecular weight is 253 g/mol. The Labute approximate surface area is 114 Å². The summed E-state index contributed by atoms with van der Waals surface area (Å²) in [7, 11) is 0. The first-order chi connectivity index (χ1) is 9.07. The van der Waals surface area contributed by atoms with E-state index in [0.29, 0.717) is 6.61 Å². The Kier molecular flexibility index (Phi) is 2.74. The Hall–Kier alpha value is -1.96. The molecule has 1 aliphatic heterocycles. The summed E-state index contributed by atoms with van der Waals surface area (Å²) in [5.41, 5.74) is 3.61. The molecule has 0 unspecified atom stereocenters. The second-order valence-corrected chi connectivity index (χ2v) is 5.89. The monoisotopic (exact) mass is 253 g/mol. The van der Waals surface area contributed by atoms with Crippen LogP contribution < -0.4 is 9.64 Å². The molecule has 0 saturated heterocycles. The lowest BCUT2D eigenvalue weighted by molar-refractivity contribution is 0.310. The molecule has 2 nitrogen and oxygen atoms in total. The first kappa shape index (κ1) is 12.1. The van der Waals surface area contributed by atoms with Gasteiger partial charge in [-0.2, -0.15) is 0 Å². The molecule has 0 radical (unpaired) electrons. The van der Waals surface area contributed by atoms with Gasteiger partial charge < -0.3 is 9.64 Å². The Morgan fingerprint density at radius 3 is 2.26 bits per heavy atom. The van der Waals surface area contributed by atoms with Gasteiger partial charge in [0, 0.05) is 16.8 Å². The molecule has 2 aromatic carbocycles. The molecule has 0 bridgehead atoms. The minimum atomic E-state index is -0.0000926. The van der Waals surface area contributed by atoms with Gasteiger partial charge in [-0.05, 0) is 39.0 Å². The molecule has 1 heterocycles. The zero-order valence-electron chi connectivity index (χ0n) is 11.7. The molecule has 0 saturated carbocycles. The fourth-order valence-corrected chi connectivity index (χ4v) is 2.62. The maximum Gasteiger partial charge on any atom is 0.143 e. The van der Waals surface area contributed by atoms with Crippen molar-refractivity contribution in [2.45, 2.75) is 32.9 Å². The van der Waals surface area contributed by atoms with Crippen molar-refractivity contribution in [1.82, 2.24) is 0 Å². The van der Waals surface area contributed by atoms with Gasteiger partial charge in [-0.1, -0.05) is 30.3 Å². The number of anilines is 2. The molecule has 0 N–H and O–H groups in total. The average Bonchev–Trinajstić information content (AvgIpc) is 2.54. The van der Waals surface area contributed by atoms with Crippen LogP contribution in [0.4, 0.5) is 11.4 Å². The van der Waals surface area contributed by atoms with Gasteiger partial charge in [0.15, 0.2) is 0 Å². The zero-order chi connectivity index (χ0) is 13.5. The van der Waals surface area contributed by atoms with E-state index in [9.17, 15) is 0 Å². The second-order valence-electron chi connectivity index (χ2n) is 5.89. The lowest BCUT2D eigenvalue weighted by atomic mass is 10.0. The summed E-state index contributed by atoms with van der Waals surface area (Å²) < 4.78 is 5.96. The molecule has 0 spiro atoms. The molecule has 1 aliphatic rings. The van der Waals surface area contributed by atoms with Crippen molar-refractivity contribution in [1.29, 1.82) is 0 Å². The molecule has 0 fully saturated rings. The van der Waals surface area contributed by atoms with Crippen molar-refractivity contribution in [3.8, 4) is 5.75 Å². The highest BCUT2D eigenvalue weighted by Crippen LogP contribution is 2.43. The van der Waals surface area contributed by atoms with Crippen LogP contribution in [0.25, 0.3) is 0 Å². The van der Waals surface area contributed by atoms with Gasteiger partial charge in [-0.3, -0.25) is 0 Å². The highest BCUT2D eigenvalue weighted by Gasteiger charge is 2.29. The van der Waals surface area contributed by atoms with Crippen molar-refractivity contribution in [2.24, 2.45) is 0 Å². The minimum absolute atomic E-state index is 0.0000926. The fourth-order valence-electron chi connectivity index (χ4n) is 2.62. The summed E-state index contributed by atoms with van der Waals surface area (Å²) in [6.07, 6.45) is 0. The Morgan fingerprint density at radius 2 is 1.53 bits per heavy atom. The van der Waals surface area contributed by atoms with Crippen molar-refractivity contribution < 1.29 is 4.74 Å². The van der Waals surface area contributed by atoms with E-state index in [0.717, 1.165) is 11.4 Å². The number of rotatable bonds is 0. The largest absolute Gasteiger partial charge is 0.487 e. The zero-order valence-corrected chi connectivity index (χ0v) is 11.7. The molecule has 2 heteroatoms. The predicted octanol–water partition coefficient (Wildman–Crippen LogP) is 4.52. The maximum atomic E-state index is 5.96. The van der Waals surface area contributed by atoms with Crippen molar-refractivity contribution in [2.75, 3.05) is 4.90 Å². The molecule has 0 atom stereocenters. The van der Waals surface area contributed by atoms with E-state index in [-0.39, 0.29) is 5.54 Å². The van der Waals surface area contributed by atoms with Gasteiger partial charge in [0.1, 0.15) is 12.4 Å². The molecule has 0 aliphatic carbocycles. The van der Waals surface area contributed by atoms with Crippen LogP contribution in [0.1, 0.15) is 26.3 Å². The second kappa shape index (κ2) is 4.30. The van der Waals surface area contributed by atoms with Gasteiger partial charge in [-0.15, -0.1) is 0 Å². The molecular formula is C17H19NO. The lowest BCUT2D eigenvalue weighted by Crippen LogP contribution is -2.37. The number of hydrogen-bond acceptors (Lipinski definition) is 2. The SMILES string of the molecule is CC(C)(C)N1c2ccccc2COc2ccccc21. The van der Waals surface area contributed by atoms with Crippen molar-refractivity contribution >= 4 is 11.4 Å². The number of hydrogen-bond donors (Lipinski definition) is 0. The maximum absolute atomic E-state index is 5.96. The van der Waals surface area contributed by atoms with Crippen LogP contribution in [0.3, 0.4) is 0 Å². The summed E-state index contributed by atoms with van der Waals surface area (Å²) in [4.78, 5) is 2.37. The molecule has 2 aromatic rings. The standard InChI is InChI=1S/C17H19NO/c1-17(2,3)18-14-9-5-4-8-13(14)12-19-16-11-7-6-10-15(16)18/h4-11H,12H2,1-3H3. The molecule has 0 amide bonds. The van der Waals surface area contributed by atoms with E-state index in [1.54, 1.807) is 0 Å². The number of benzene rings is 2. The summed E-state index contributed by atoms with van der Waals surface area (Å²) >= 11 is 0. The van der Waals surface area contributed by atoms with Gasteiger partial charge in [-0.25, -0.2) is 0 Å².